The fourth-order valence-corrected chi connectivity index (χ4v) is 1.50. The molecule has 1 aromatic carbocycles. The number of carbonyl (C=O) groups is 1. The van der Waals surface area contributed by atoms with Crippen LogP contribution in [-0.2, 0) is 0 Å². The van der Waals surface area contributed by atoms with Gasteiger partial charge in [-0.15, -0.1) is 0 Å². The number of phenolic OH excluding ortho intramolecular Hbond substituents is 1. The van der Waals surface area contributed by atoms with Gasteiger partial charge < -0.3 is 15.5 Å². The highest BCUT2D eigenvalue weighted by Gasteiger charge is 2.09. The Morgan fingerprint density at radius 1 is 1.41 bits per heavy atom. The number of rotatable bonds is 6. The van der Waals surface area contributed by atoms with Gasteiger partial charge in [-0.1, -0.05) is 19.1 Å². The summed E-state index contributed by atoms with van der Waals surface area (Å²) in [6.45, 7) is 2.69. The molecule has 0 aliphatic carbocycles. The second-order valence-electron chi connectivity index (χ2n) is 4.20. The van der Waals surface area contributed by atoms with E-state index in [1.165, 1.54) is 6.07 Å². The normalized spacial score (nSPS) is 12.1. The molecule has 17 heavy (non-hydrogen) atoms. The quantitative estimate of drug-likeness (QED) is 0.657. The van der Waals surface area contributed by atoms with Crippen molar-refractivity contribution in [2.24, 2.45) is 5.92 Å². The zero-order valence-electron chi connectivity index (χ0n) is 10.0. The molecule has 0 aliphatic heterocycles. The van der Waals surface area contributed by atoms with Gasteiger partial charge in [0.1, 0.15) is 5.75 Å². The predicted molar refractivity (Wildman–Crippen MR) is 65.9 cm³/mol. The molecular formula is C13H19NO3. The first-order valence-corrected chi connectivity index (χ1v) is 5.82. The summed E-state index contributed by atoms with van der Waals surface area (Å²) in [4.78, 5) is 11.7. The number of carbonyl (C=O) groups excluding carboxylic acids is 1. The molecule has 0 saturated heterocycles. The van der Waals surface area contributed by atoms with Crippen LogP contribution in [0.15, 0.2) is 24.3 Å². The summed E-state index contributed by atoms with van der Waals surface area (Å²) in [6.07, 6.45) is 1.69. The van der Waals surface area contributed by atoms with E-state index in [1.54, 1.807) is 18.2 Å². The third-order valence-electron chi connectivity index (χ3n) is 2.62. The standard InChI is InChI=1S/C13H19NO3/c1-10(9-15)5-4-8-14-13(17)11-6-2-3-7-12(11)16/h2-3,6-7,10,15-16H,4-5,8-9H2,1H3,(H,14,17). The second-order valence-corrected chi connectivity index (χ2v) is 4.20. The lowest BCUT2D eigenvalue weighted by Gasteiger charge is -2.09. The molecule has 0 radical (unpaired) electrons. The molecule has 1 atom stereocenters. The van der Waals surface area contributed by atoms with Gasteiger partial charge in [-0.3, -0.25) is 4.79 Å². The summed E-state index contributed by atoms with van der Waals surface area (Å²) in [5.41, 5.74) is 0.294. The first kappa shape index (κ1) is 13.5. The zero-order valence-corrected chi connectivity index (χ0v) is 10.0. The SMILES string of the molecule is CC(CO)CCCNC(=O)c1ccccc1O. The summed E-state index contributed by atoms with van der Waals surface area (Å²) in [5.74, 6) is -0.00879. The van der Waals surface area contributed by atoms with Gasteiger partial charge in [-0.2, -0.15) is 0 Å². The molecule has 0 aromatic heterocycles. The molecule has 0 heterocycles. The largest absolute Gasteiger partial charge is 0.507 e. The monoisotopic (exact) mass is 237 g/mol. The van der Waals surface area contributed by atoms with Crippen molar-refractivity contribution in [3.63, 3.8) is 0 Å². The lowest BCUT2D eigenvalue weighted by molar-refractivity contribution is 0.0949. The highest BCUT2D eigenvalue weighted by atomic mass is 16.3. The Morgan fingerprint density at radius 2 is 2.12 bits per heavy atom. The average Bonchev–Trinajstić information content (AvgIpc) is 2.34. The summed E-state index contributed by atoms with van der Waals surface area (Å²) in [6, 6.07) is 6.46. The van der Waals surface area contributed by atoms with Crippen molar-refractivity contribution in [1.82, 2.24) is 5.32 Å². The summed E-state index contributed by atoms with van der Waals surface area (Å²) < 4.78 is 0. The Balaban J connectivity index is 2.33. The van der Waals surface area contributed by atoms with Crippen molar-refractivity contribution in [2.45, 2.75) is 19.8 Å². The maximum atomic E-state index is 11.7. The van der Waals surface area contributed by atoms with Gasteiger partial charge in [0.2, 0.25) is 0 Å². The smallest absolute Gasteiger partial charge is 0.255 e. The van der Waals surface area contributed by atoms with E-state index in [9.17, 15) is 9.90 Å². The van der Waals surface area contributed by atoms with Gasteiger partial charge in [-0.25, -0.2) is 0 Å². The van der Waals surface area contributed by atoms with Gasteiger partial charge in [0.25, 0.3) is 5.91 Å². The number of nitrogens with one attached hydrogen (secondary N) is 1. The number of phenols is 1. The van der Waals surface area contributed by atoms with Crippen LogP contribution in [0.2, 0.25) is 0 Å². The van der Waals surface area contributed by atoms with E-state index in [4.69, 9.17) is 5.11 Å². The molecule has 1 unspecified atom stereocenters. The maximum absolute atomic E-state index is 11.7. The molecule has 1 amide bonds. The number of aliphatic hydroxyl groups excluding tert-OH is 1. The lowest BCUT2D eigenvalue weighted by Crippen LogP contribution is -2.24. The van der Waals surface area contributed by atoms with Crippen LogP contribution in [0.25, 0.3) is 0 Å². The molecule has 0 spiro atoms. The maximum Gasteiger partial charge on any atom is 0.255 e. The summed E-state index contributed by atoms with van der Waals surface area (Å²) >= 11 is 0. The average molecular weight is 237 g/mol. The molecule has 1 rings (SSSR count). The number of hydrogen-bond donors (Lipinski definition) is 3. The fraction of sp³-hybridized carbons (Fsp3) is 0.462. The summed E-state index contributed by atoms with van der Waals surface area (Å²) in [7, 11) is 0. The van der Waals surface area contributed by atoms with E-state index >= 15 is 0 Å². The van der Waals surface area contributed by atoms with Crippen LogP contribution in [-0.4, -0.2) is 29.3 Å². The molecule has 3 N–H and O–H groups in total. The molecule has 1 aromatic rings. The van der Waals surface area contributed by atoms with Crippen molar-refractivity contribution in [1.29, 1.82) is 0 Å². The van der Waals surface area contributed by atoms with Gasteiger partial charge in [0, 0.05) is 13.2 Å². The number of amides is 1. The van der Waals surface area contributed by atoms with Crippen LogP contribution < -0.4 is 5.32 Å². The molecule has 4 heteroatoms. The highest BCUT2D eigenvalue weighted by molar-refractivity contribution is 5.96. The Kier molecular flexibility index (Phi) is 5.49. The second kappa shape index (κ2) is 6.91. The van der Waals surface area contributed by atoms with E-state index in [0.29, 0.717) is 12.1 Å². The number of benzene rings is 1. The van der Waals surface area contributed by atoms with Crippen LogP contribution in [0.3, 0.4) is 0 Å². The Morgan fingerprint density at radius 3 is 2.76 bits per heavy atom. The molecule has 0 bridgehead atoms. The Hall–Kier alpha value is -1.55. The number of para-hydroxylation sites is 1. The van der Waals surface area contributed by atoms with Crippen molar-refractivity contribution in [3.05, 3.63) is 29.8 Å². The Bertz CT molecular complexity index is 365. The minimum atomic E-state index is -0.264. The van der Waals surface area contributed by atoms with E-state index < -0.39 is 0 Å². The van der Waals surface area contributed by atoms with Gasteiger partial charge in [0.15, 0.2) is 0 Å². The Labute approximate surface area is 101 Å². The number of aliphatic hydroxyl groups is 1. The lowest BCUT2D eigenvalue weighted by atomic mass is 10.1. The van der Waals surface area contributed by atoms with Crippen molar-refractivity contribution in [3.8, 4) is 5.75 Å². The zero-order chi connectivity index (χ0) is 12.7. The highest BCUT2D eigenvalue weighted by Crippen LogP contribution is 2.15. The topological polar surface area (TPSA) is 69.6 Å². The fourth-order valence-electron chi connectivity index (χ4n) is 1.50. The van der Waals surface area contributed by atoms with Crippen molar-refractivity contribution >= 4 is 5.91 Å². The molecule has 94 valence electrons. The molecule has 0 aliphatic rings. The minimum absolute atomic E-state index is 0.00581. The van der Waals surface area contributed by atoms with Gasteiger partial charge in [0.05, 0.1) is 5.56 Å². The van der Waals surface area contributed by atoms with E-state index in [-0.39, 0.29) is 24.2 Å². The van der Waals surface area contributed by atoms with Crippen LogP contribution in [0.5, 0.6) is 5.75 Å². The van der Waals surface area contributed by atoms with Crippen molar-refractivity contribution < 1.29 is 15.0 Å². The molecular weight excluding hydrogens is 218 g/mol. The minimum Gasteiger partial charge on any atom is -0.507 e. The molecule has 0 saturated carbocycles. The summed E-state index contributed by atoms with van der Waals surface area (Å²) in [5, 5.41) is 21.0. The first-order chi connectivity index (χ1) is 8.15. The molecule has 0 fully saturated rings. The van der Waals surface area contributed by atoms with Crippen LogP contribution in [0, 0.1) is 5.92 Å². The van der Waals surface area contributed by atoms with Crippen LogP contribution in [0.4, 0.5) is 0 Å². The van der Waals surface area contributed by atoms with Gasteiger partial charge in [-0.05, 0) is 30.9 Å². The third kappa shape index (κ3) is 4.44. The van der Waals surface area contributed by atoms with Gasteiger partial charge >= 0.3 is 0 Å². The van der Waals surface area contributed by atoms with Crippen LogP contribution >= 0.6 is 0 Å². The first-order valence-electron chi connectivity index (χ1n) is 5.82. The van der Waals surface area contributed by atoms with Crippen molar-refractivity contribution in [2.75, 3.05) is 13.2 Å². The van der Waals surface area contributed by atoms with E-state index in [1.807, 2.05) is 6.92 Å². The number of hydrogen-bond acceptors (Lipinski definition) is 3. The van der Waals surface area contributed by atoms with E-state index in [2.05, 4.69) is 5.32 Å². The van der Waals surface area contributed by atoms with Crippen LogP contribution in [0.1, 0.15) is 30.1 Å². The molecule has 4 nitrogen and oxygen atoms in total. The predicted octanol–water partition coefficient (Wildman–Crippen LogP) is 1.53. The van der Waals surface area contributed by atoms with E-state index in [0.717, 1.165) is 12.8 Å². The third-order valence-corrected chi connectivity index (χ3v) is 2.62. The number of aromatic hydroxyl groups is 1.